The summed E-state index contributed by atoms with van der Waals surface area (Å²) in [5.74, 6) is 0.0550. The van der Waals surface area contributed by atoms with Crippen LogP contribution in [0.1, 0.15) is 39.3 Å². The van der Waals surface area contributed by atoms with Gasteiger partial charge in [0.15, 0.2) is 0 Å². The third-order valence-electron chi connectivity index (χ3n) is 5.48. The highest BCUT2D eigenvalue weighted by molar-refractivity contribution is 7.12. The average Bonchev–Trinajstić information content (AvgIpc) is 3.31. The second-order valence-corrected chi connectivity index (χ2v) is 8.80. The van der Waals surface area contributed by atoms with Crippen molar-refractivity contribution in [2.75, 3.05) is 20.2 Å². The first-order valence-corrected chi connectivity index (χ1v) is 10.7. The third-order valence-corrected chi connectivity index (χ3v) is 6.58. The van der Waals surface area contributed by atoms with E-state index in [-0.39, 0.29) is 12.0 Å². The van der Waals surface area contributed by atoms with Gasteiger partial charge in [0, 0.05) is 29.3 Å². The zero-order chi connectivity index (χ0) is 20.4. The number of carbonyl (C=O) groups excluding carboxylic acids is 1. The van der Waals surface area contributed by atoms with Gasteiger partial charge in [-0.1, -0.05) is 48.5 Å². The minimum absolute atomic E-state index is 0.0550. The molecule has 1 unspecified atom stereocenters. The molecule has 1 aromatic heterocycles. The fourth-order valence-corrected chi connectivity index (χ4v) is 4.78. The van der Waals surface area contributed by atoms with E-state index >= 15 is 0 Å². The van der Waals surface area contributed by atoms with Crippen LogP contribution in [0.2, 0.25) is 0 Å². The van der Waals surface area contributed by atoms with Gasteiger partial charge in [-0.05, 0) is 47.7 Å². The number of rotatable bonds is 6. The van der Waals surface area contributed by atoms with Crippen LogP contribution in [0.5, 0.6) is 0 Å². The van der Waals surface area contributed by atoms with E-state index in [2.05, 4.69) is 24.3 Å². The number of aliphatic hydroxyl groups excluding tert-OH is 1. The zero-order valence-corrected chi connectivity index (χ0v) is 17.5. The second-order valence-electron chi connectivity index (χ2n) is 7.48. The molecule has 0 aliphatic heterocycles. The molecule has 29 heavy (non-hydrogen) atoms. The molecule has 0 fully saturated rings. The number of nitrogens with zero attached hydrogens (tertiary/aromatic N) is 1. The van der Waals surface area contributed by atoms with Gasteiger partial charge < -0.3 is 14.7 Å². The number of hydrogen-bond acceptors (Lipinski definition) is 4. The molecular formula is C24H25NO3S. The molecule has 0 saturated heterocycles. The van der Waals surface area contributed by atoms with Crippen molar-refractivity contribution in [1.82, 2.24) is 4.90 Å². The summed E-state index contributed by atoms with van der Waals surface area (Å²) in [5.41, 5.74) is 4.83. The Balaban J connectivity index is 1.36. The number of benzene rings is 2. The molecular weight excluding hydrogens is 382 g/mol. The third kappa shape index (κ3) is 4.07. The number of ether oxygens (including phenoxy) is 1. The Bertz CT molecular complexity index is 967. The number of hydrogen-bond donors (Lipinski definition) is 1. The summed E-state index contributed by atoms with van der Waals surface area (Å²) < 4.78 is 5.65. The summed E-state index contributed by atoms with van der Waals surface area (Å²) in [4.78, 5) is 16.1. The average molecular weight is 408 g/mol. The fraction of sp³-hybridized carbons (Fsp3) is 0.292. The van der Waals surface area contributed by atoms with Gasteiger partial charge in [0.1, 0.15) is 6.61 Å². The molecule has 1 atom stereocenters. The molecule has 0 spiro atoms. The van der Waals surface area contributed by atoms with E-state index in [9.17, 15) is 9.90 Å². The fourth-order valence-electron chi connectivity index (χ4n) is 3.89. The first-order chi connectivity index (χ1) is 14.0. The lowest BCUT2D eigenvalue weighted by molar-refractivity contribution is 0.0986. The highest BCUT2D eigenvalue weighted by Crippen LogP contribution is 2.44. The Morgan fingerprint density at radius 2 is 1.69 bits per heavy atom. The van der Waals surface area contributed by atoms with Crippen molar-refractivity contribution in [3.05, 3.63) is 81.5 Å². The highest BCUT2D eigenvalue weighted by Gasteiger charge is 2.29. The summed E-state index contributed by atoms with van der Waals surface area (Å²) in [6.45, 7) is 2.77. The van der Waals surface area contributed by atoms with Gasteiger partial charge in [0.25, 0.3) is 0 Å². The number of thiophene rings is 1. The zero-order valence-electron chi connectivity index (χ0n) is 16.7. The van der Waals surface area contributed by atoms with E-state index in [1.54, 1.807) is 18.4 Å². The molecule has 4 rings (SSSR count). The van der Waals surface area contributed by atoms with Crippen LogP contribution < -0.4 is 0 Å². The maximum atomic E-state index is 12.5. The molecule has 1 N–H and O–H groups in total. The Labute approximate surface area is 175 Å². The Morgan fingerprint density at radius 3 is 2.28 bits per heavy atom. The van der Waals surface area contributed by atoms with Crippen molar-refractivity contribution in [1.29, 1.82) is 0 Å². The standard InChI is InChI=1S/C24H25NO3S/c1-16-11-12-23(29-16)22(26)13-14-25(2)24(27)28-15-21-19-9-5-3-7-17(19)18-8-4-6-10-20(18)21/h3-12,21-22,26H,13-15H2,1-2H3. The monoisotopic (exact) mass is 407 g/mol. The SMILES string of the molecule is Cc1ccc(C(O)CCN(C)C(=O)OCC2c3ccccc3-c3ccccc32)s1. The predicted molar refractivity (Wildman–Crippen MR) is 116 cm³/mol. The smallest absolute Gasteiger partial charge is 0.409 e. The largest absolute Gasteiger partial charge is 0.448 e. The summed E-state index contributed by atoms with van der Waals surface area (Å²) >= 11 is 1.59. The van der Waals surface area contributed by atoms with Crippen molar-refractivity contribution in [2.45, 2.75) is 25.4 Å². The molecule has 150 valence electrons. The lowest BCUT2D eigenvalue weighted by Gasteiger charge is -2.20. The first-order valence-electron chi connectivity index (χ1n) is 9.85. The molecule has 5 heteroatoms. The summed E-state index contributed by atoms with van der Waals surface area (Å²) in [6, 6.07) is 20.5. The number of aryl methyl sites for hydroxylation is 1. The van der Waals surface area contributed by atoms with E-state index in [1.807, 2.05) is 43.3 Å². The molecule has 0 radical (unpaired) electrons. The van der Waals surface area contributed by atoms with Gasteiger partial charge in [-0.3, -0.25) is 0 Å². The minimum atomic E-state index is -0.558. The number of amides is 1. The van der Waals surface area contributed by atoms with E-state index in [4.69, 9.17) is 4.74 Å². The lowest BCUT2D eigenvalue weighted by atomic mass is 9.98. The predicted octanol–water partition coefficient (Wildman–Crippen LogP) is 5.36. The number of carbonyl (C=O) groups is 1. The van der Waals surface area contributed by atoms with Crippen LogP contribution in [0.3, 0.4) is 0 Å². The Kier molecular flexibility index (Phi) is 5.69. The van der Waals surface area contributed by atoms with Crippen molar-refractivity contribution in [2.24, 2.45) is 0 Å². The quantitative estimate of drug-likeness (QED) is 0.598. The number of fused-ring (bicyclic) bond motifs is 3. The van der Waals surface area contributed by atoms with Crippen molar-refractivity contribution >= 4 is 17.4 Å². The Morgan fingerprint density at radius 1 is 1.07 bits per heavy atom. The van der Waals surface area contributed by atoms with Crippen LogP contribution in [-0.4, -0.2) is 36.3 Å². The van der Waals surface area contributed by atoms with Gasteiger partial charge in [0.05, 0.1) is 6.10 Å². The number of aliphatic hydroxyl groups is 1. The van der Waals surface area contributed by atoms with Gasteiger partial charge in [-0.2, -0.15) is 0 Å². The van der Waals surface area contributed by atoms with E-state index in [0.717, 1.165) is 4.88 Å². The molecule has 1 aliphatic rings. The maximum Gasteiger partial charge on any atom is 0.409 e. The van der Waals surface area contributed by atoms with Gasteiger partial charge in [0.2, 0.25) is 0 Å². The molecule has 1 amide bonds. The van der Waals surface area contributed by atoms with Gasteiger partial charge in [-0.25, -0.2) is 4.79 Å². The van der Waals surface area contributed by atoms with E-state index in [0.29, 0.717) is 19.6 Å². The van der Waals surface area contributed by atoms with Gasteiger partial charge in [-0.15, -0.1) is 11.3 Å². The highest BCUT2D eigenvalue weighted by atomic mass is 32.1. The summed E-state index contributed by atoms with van der Waals surface area (Å²) in [6.07, 6.45) is -0.431. The van der Waals surface area contributed by atoms with Crippen molar-refractivity contribution in [3.63, 3.8) is 0 Å². The molecule has 4 nitrogen and oxygen atoms in total. The van der Waals surface area contributed by atoms with Crippen molar-refractivity contribution in [3.8, 4) is 11.1 Å². The molecule has 1 heterocycles. The van der Waals surface area contributed by atoms with Crippen LogP contribution in [-0.2, 0) is 4.74 Å². The molecule has 0 bridgehead atoms. The minimum Gasteiger partial charge on any atom is -0.448 e. The second kappa shape index (κ2) is 8.39. The molecule has 0 saturated carbocycles. The van der Waals surface area contributed by atoms with Crippen LogP contribution in [0.4, 0.5) is 4.79 Å². The maximum absolute atomic E-state index is 12.5. The van der Waals surface area contributed by atoms with E-state index in [1.165, 1.54) is 32.0 Å². The molecule has 3 aromatic rings. The Hall–Kier alpha value is -2.63. The topological polar surface area (TPSA) is 49.8 Å². The summed E-state index contributed by atoms with van der Waals surface area (Å²) in [5, 5.41) is 10.3. The van der Waals surface area contributed by atoms with E-state index < -0.39 is 6.10 Å². The van der Waals surface area contributed by atoms with Crippen molar-refractivity contribution < 1.29 is 14.6 Å². The molecule has 1 aliphatic carbocycles. The van der Waals surface area contributed by atoms with Gasteiger partial charge >= 0.3 is 6.09 Å². The van der Waals surface area contributed by atoms with Crippen LogP contribution in [0, 0.1) is 6.92 Å². The molecule has 2 aromatic carbocycles. The lowest BCUT2D eigenvalue weighted by Crippen LogP contribution is -2.30. The van der Waals surface area contributed by atoms with Crippen LogP contribution in [0.15, 0.2) is 60.7 Å². The van der Waals surface area contributed by atoms with Crippen LogP contribution >= 0.6 is 11.3 Å². The normalized spacial score (nSPS) is 13.6. The first kappa shape index (κ1) is 19.7. The summed E-state index contributed by atoms with van der Waals surface area (Å²) in [7, 11) is 1.71. The van der Waals surface area contributed by atoms with Crippen LogP contribution in [0.25, 0.3) is 11.1 Å².